The second-order valence-electron chi connectivity index (χ2n) is 5.72. The van der Waals surface area contributed by atoms with E-state index in [-0.39, 0.29) is 18.0 Å². The van der Waals surface area contributed by atoms with Crippen molar-refractivity contribution in [3.05, 3.63) is 70.7 Å². The van der Waals surface area contributed by atoms with Gasteiger partial charge in [0.2, 0.25) is 5.91 Å². The topological polar surface area (TPSA) is 32.7 Å². The first kappa shape index (κ1) is 15.8. The minimum Gasteiger partial charge on any atom is -0.334 e. The second kappa shape index (κ2) is 6.97. The fourth-order valence-electron chi connectivity index (χ4n) is 2.87. The van der Waals surface area contributed by atoms with Gasteiger partial charge in [-0.2, -0.15) is 0 Å². The zero-order chi connectivity index (χ0) is 16.2. The minimum absolute atomic E-state index is 0.0733. The molecule has 1 aliphatic heterocycles. The van der Waals surface area contributed by atoms with Gasteiger partial charge in [0.15, 0.2) is 0 Å². The predicted octanol–water partition coefficient (Wildman–Crippen LogP) is 4.12. The largest absolute Gasteiger partial charge is 0.334 e. The van der Waals surface area contributed by atoms with E-state index in [4.69, 9.17) is 11.6 Å². The maximum atomic E-state index is 12.6. The highest BCUT2D eigenvalue weighted by molar-refractivity contribution is 6.33. The number of benzene rings is 2. The van der Waals surface area contributed by atoms with E-state index in [1.165, 1.54) is 0 Å². The predicted molar refractivity (Wildman–Crippen MR) is 94.0 cm³/mol. The number of nitrogens with zero attached hydrogens (tertiary/aromatic N) is 2. The van der Waals surface area contributed by atoms with Crippen molar-refractivity contribution < 1.29 is 4.79 Å². The fourth-order valence-corrected chi connectivity index (χ4v) is 3.06. The number of carbonyl (C=O) groups is 1. The van der Waals surface area contributed by atoms with Gasteiger partial charge in [0, 0.05) is 23.3 Å². The second-order valence-corrected chi connectivity index (χ2v) is 6.13. The average Bonchev–Trinajstić information content (AvgIpc) is 2.95. The Kier molecular flexibility index (Phi) is 4.77. The van der Waals surface area contributed by atoms with Crippen molar-refractivity contribution in [2.45, 2.75) is 25.4 Å². The Balaban J connectivity index is 1.71. The lowest BCUT2D eigenvalue weighted by atomic mass is 10.1. The molecule has 23 heavy (non-hydrogen) atoms. The minimum atomic E-state index is -0.308. The molecule has 1 fully saturated rings. The molecule has 2 atom stereocenters. The number of amides is 1. The number of hydrogen-bond acceptors (Lipinski definition) is 2. The summed E-state index contributed by atoms with van der Waals surface area (Å²) < 4.78 is 0. The first-order chi connectivity index (χ1) is 11.2. The van der Waals surface area contributed by atoms with Crippen LogP contribution in [0.2, 0.25) is 5.02 Å². The quantitative estimate of drug-likeness (QED) is 0.778. The van der Waals surface area contributed by atoms with Gasteiger partial charge in [-0.05, 0) is 25.0 Å². The van der Waals surface area contributed by atoms with Gasteiger partial charge in [-0.3, -0.25) is 9.79 Å². The van der Waals surface area contributed by atoms with E-state index in [1.807, 2.05) is 47.4 Å². The van der Waals surface area contributed by atoms with Gasteiger partial charge in [0.05, 0.1) is 6.04 Å². The molecular weight excluding hydrogens is 308 g/mol. The molecule has 1 saturated heterocycles. The van der Waals surface area contributed by atoms with Crippen molar-refractivity contribution in [3.63, 3.8) is 0 Å². The summed E-state index contributed by atoms with van der Waals surface area (Å²) in [5.41, 5.74) is 1.99. The summed E-state index contributed by atoms with van der Waals surface area (Å²) in [6.07, 6.45) is 2.46. The number of likely N-dealkylation sites (tertiary alicyclic amines) is 1. The van der Waals surface area contributed by atoms with E-state index in [9.17, 15) is 4.79 Å². The van der Waals surface area contributed by atoms with Crippen molar-refractivity contribution in [2.75, 3.05) is 6.54 Å². The third-order valence-electron chi connectivity index (χ3n) is 4.26. The van der Waals surface area contributed by atoms with Crippen LogP contribution in [0.4, 0.5) is 0 Å². The molecule has 0 aliphatic carbocycles. The van der Waals surface area contributed by atoms with E-state index in [0.29, 0.717) is 5.02 Å². The van der Waals surface area contributed by atoms with Crippen molar-refractivity contribution in [2.24, 2.45) is 4.99 Å². The molecule has 0 radical (unpaired) electrons. The SMILES string of the molecule is C[C@@H](c1ccccc1)N1CCC(N=Cc2ccccc2Cl)C1=O. The molecule has 0 bridgehead atoms. The van der Waals surface area contributed by atoms with E-state index in [0.717, 1.165) is 24.1 Å². The first-order valence-electron chi connectivity index (χ1n) is 7.80. The van der Waals surface area contributed by atoms with Crippen molar-refractivity contribution in [1.29, 1.82) is 0 Å². The third-order valence-corrected chi connectivity index (χ3v) is 4.60. The molecule has 118 valence electrons. The molecule has 0 aromatic heterocycles. The molecule has 2 aromatic rings. The molecule has 0 spiro atoms. The van der Waals surface area contributed by atoms with Crippen molar-refractivity contribution in [1.82, 2.24) is 4.90 Å². The highest BCUT2D eigenvalue weighted by Gasteiger charge is 2.34. The van der Waals surface area contributed by atoms with E-state index in [1.54, 1.807) is 6.21 Å². The maximum Gasteiger partial charge on any atom is 0.247 e. The van der Waals surface area contributed by atoms with Crippen LogP contribution in [0, 0.1) is 0 Å². The van der Waals surface area contributed by atoms with Crippen LogP contribution in [0.1, 0.15) is 30.5 Å². The highest BCUT2D eigenvalue weighted by Crippen LogP contribution is 2.27. The summed E-state index contributed by atoms with van der Waals surface area (Å²) in [5, 5.41) is 0.649. The zero-order valence-electron chi connectivity index (χ0n) is 13.0. The molecule has 1 unspecified atom stereocenters. The average molecular weight is 327 g/mol. The molecule has 0 saturated carbocycles. The summed E-state index contributed by atoms with van der Waals surface area (Å²) >= 11 is 6.12. The Labute approximate surface area is 141 Å². The molecule has 1 aliphatic rings. The summed E-state index contributed by atoms with van der Waals surface area (Å²) in [6.45, 7) is 2.80. The van der Waals surface area contributed by atoms with Crippen LogP contribution < -0.4 is 0 Å². The van der Waals surface area contributed by atoms with Crippen molar-refractivity contribution >= 4 is 23.7 Å². The fraction of sp³-hybridized carbons (Fsp3) is 0.263. The Morgan fingerprint density at radius 2 is 1.87 bits per heavy atom. The highest BCUT2D eigenvalue weighted by atomic mass is 35.5. The van der Waals surface area contributed by atoms with Gasteiger partial charge in [0.1, 0.15) is 6.04 Å². The lowest BCUT2D eigenvalue weighted by Gasteiger charge is -2.24. The van der Waals surface area contributed by atoms with Gasteiger partial charge in [0.25, 0.3) is 0 Å². The molecule has 0 N–H and O–H groups in total. The van der Waals surface area contributed by atoms with Crippen LogP contribution in [0.25, 0.3) is 0 Å². The summed E-state index contributed by atoms with van der Waals surface area (Å²) in [7, 11) is 0. The van der Waals surface area contributed by atoms with Crippen LogP contribution in [0.5, 0.6) is 0 Å². The lowest BCUT2D eigenvalue weighted by Crippen LogP contribution is -2.31. The zero-order valence-corrected chi connectivity index (χ0v) is 13.8. The lowest BCUT2D eigenvalue weighted by molar-refractivity contribution is -0.130. The Hall–Kier alpha value is -2.13. The van der Waals surface area contributed by atoms with Crippen LogP contribution in [-0.2, 0) is 4.79 Å². The molecule has 3 rings (SSSR count). The Bertz CT molecular complexity index is 714. The molecule has 3 nitrogen and oxygen atoms in total. The number of rotatable bonds is 4. The Morgan fingerprint density at radius 3 is 2.61 bits per heavy atom. The maximum absolute atomic E-state index is 12.6. The van der Waals surface area contributed by atoms with Gasteiger partial charge in [-0.25, -0.2) is 0 Å². The van der Waals surface area contributed by atoms with Crippen LogP contribution >= 0.6 is 11.6 Å². The smallest absolute Gasteiger partial charge is 0.247 e. The molecule has 4 heteroatoms. The van der Waals surface area contributed by atoms with E-state index in [2.05, 4.69) is 24.0 Å². The van der Waals surface area contributed by atoms with Crippen molar-refractivity contribution in [3.8, 4) is 0 Å². The monoisotopic (exact) mass is 326 g/mol. The van der Waals surface area contributed by atoms with Crippen LogP contribution in [-0.4, -0.2) is 29.6 Å². The molecule has 2 aromatic carbocycles. The molecule has 1 amide bonds. The van der Waals surface area contributed by atoms with Gasteiger partial charge >= 0.3 is 0 Å². The third kappa shape index (κ3) is 3.45. The Morgan fingerprint density at radius 1 is 1.17 bits per heavy atom. The number of halogens is 1. The van der Waals surface area contributed by atoms with Crippen LogP contribution in [0.15, 0.2) is 59.6 Å². The summed E-state index contributed by atoms with van der Waals surface area (Å²) in [6, 6.07) is 17.4. The molecular formula is C19H19ClN2O. The van der Waals surface area contributed by atoms with Gasteiger partial charge in [-0.15, -0.1) is 0 Å². The summed E-state index contributed by atoms with van der Waals surface area (Å²) in [4.78, 5) is 19.0. The van der Waals surface area contributed by atoms with Gasteiger partial charge < -0.3 is 4.90 Å². The summed E-state index contributed by atoms with van der Waals surface area (Å²) in [5.74, 6) is 0.0876. The first-order valence-corrected chi connectivity index (χ1v) is 8.18. The number of carbonyl (C=O) groups excluding carboxylic acids is 1. The number of aliphatic imine (C=N–C) groups is 1. The normalized spacial score (nSPS) is 19.5. The molecule has 1 heterocycles. The van der Waals surface area contributed by atoms with Gasteiger partial charge in [-0.1, -0.05) is 60.1 Å². The standard InChI is InChI=1S/C19H19ClN2O/c1-14(15-7-3-2-4-8-15)22-12-11-18(19(22)23)21-13-16-9-5-6-10-17(16)20/h2-10,13-14,18H,11-12H2,1H3/t14-,18?/m0/s1. The van der Waals surface area contributed by atoms with Crippen LogP contribution in [0.3, 0.4) is 0 Å². The number of hydrogen-bond donors (Lipinski definition) is 0. The van der Waals surface area contributed by atoms with E-state index < -0.39 is 0 Å². The van der Waals surface area contributed by atoms with E-state index >= 15 is 0 Å².